The van der Waals surface area contributed by atoms with Crippen LogP contribution in [0.2, 0.25) is 4.34 Å². The van der Waals surface area contributed by atoms with E-state index in [1.165, 1.54) is 10.4 Å². The van der Waals surface area contributed by atoms with Gasteiger partial charge in [-0.05, 0) is 25.2 Å². The first-order valence-corrected chi connectivity index (χ1v) is 6.44. The number of hydrogen-bond donors (Lipinski definition) is 1. The number of aryl methyl sites for hydroxylation is 1. The van der Waals surface area contributed by atoms with Gasteiger partial charge in [-0.25, -0.2) is 0 Å². The molecule has 0 aromatic carbocycles. The second-order valence-electron chi connectivity index (χ2n) is 3.52. The van der Waals surface area contributed by atoms with Crippen LogP contribution in [-0.4, -0.2) is 7.05 Å². The van der Waals surface area contributed by atoms with E-state index in [1.807, 2.05) is 19.2 Å². The number of furan rings is 1. The van der Waals surface area contributed by atoms with Crippen LogP contribution in [0.5, 0.6) is 0 Å². The van der Waals surface area contributed by atoms with Gasteiger partial charge in [0.25, 0.3) is 0 Å². The molecule has 0 spiro atoms. The van der Waals surface area contributed by atoms with Crippen molar-refractivity contribution in [1.82, 2.24) is 5.32 Å². The smallest absolute Gasteiger partial charge is 0.108 e. The van der Waals surface area contributed by atoms with Gasteiger partial charge in [0, 0.05) is 16.9 Å². The Morgan fingerprint density at radius 2 is 2.25 bits per heavy atom. The minimum absolute atomic E-state index is 0.172. The van der Waals surface area contributed by atoms with Crippen LogP contribution in [0.15, 0.2) is 28.9 Å². The highest BCUT2D eigenvalue weighted by molar-refractivity contribution is 7.16. The maximum absolute atomic E-state index is 5.96. The molecule has 0 saturated heterocycles. The van der Waals surface area contributed by atoms with Crippen molar-refractivity contribution in [1.29, 1.82) is 0 Å². The van der Waals surface area contributed by atoms with E-state index in [1.54, 1.807) is 17.6 Å². The summed E-state index contributed by atoms with van der Waals surface area (Å²) in [6.45, 7) is 2.09. The van der Waals surface area contributed by atoms with E-state index in [9.17, 15) is 0 Å². The Morgan fingerprint density at radius 3 is 2.81 bits per heavy atom. The first-order valence-electron chi connectivity index (χ1n) is 5.25. The number of hydrogen-bond acceptors (Lipinski definition) is 3. The van der Waals surface area contributed by atoms with Crippen molar-refractivity contribution in [2.75, 3.05) is 7.05 Å². The minimum atomic E-state index is 0.172. The fraction of sp³-hybridized carbons (Fsp3) is 0.333. The second-order valence-corrected chi connectivity index (χ2v) is 5.26. The highest BCUT2D eigenvalue weighted by atomic mass is 35.5. The van der Waals surface area contributed by atoms with Crippen LogP contribution in [0.25, 0.3) is 0 Å². The van der Waals surface area contributed by atoms with Gasteiger partial charge in [0.05, 0.1) is 16.6 Å². The lowest BCUT2D eigenvalue weighted by Crippen LogP contribution is -2.17. The lowest BCUT2D eigenvalue weighted by Gasteiger charge is -2.14. The molecule has 86 valence electrons. The molecule has 0 saturated carbocycles. The van der Waals surface area contributed by atoms with Crippen molar-refractivity contribution in [3.05, 3.63) is 45.0 Å². The van der Waals surface area contributed by atoms with Crippen molar-refractivity contribution in [2.45, 2.75) is 19.4 Å². The molecular weight excluding hydrogens is 242 g/mol. The molecule has 0 radical (unpaired) electrons. The van der Waals surface area contributed by atoms with Crippen LogP contribution >= 0.6 is 22.9 Å². The van der Waals surface area contributed by atoms with Gasteiger partial charge in [-0.15, -0.1) is 11.3 Å². The summed E-state index contributed by atoms with van der Waals surface area (Å²) in [5.74, 6) is 1.03. The lowest BCUT2D eigenvalue weighted by molar-refractivity contribution is 0.505. The molecule has 0 fully saturated rings. The molecule has 2 aromatic heterocycles. The van der Waals surface area contributed by atoms with Gasteiger partial charge < -0.3 is 9.73 Å². The Labute approximate surface area is 104 Å². The monoisotopic (exact) mass is 255 g/mol. The van der Waals surface area contributed by atoms with Crippen molar-refractivity contribution >= 4 is 22.9 Å². The molecule has 1 N–H and O–H groups in total. The van der Waals surface area contributed by atoms with E-state index >= 15 is 0 Å². The SMILES string of the molecule is CCc1occc1C(NC)c1ccc(Cl)s1. The van der Waals surface area contributed by atoms with E-state index in [4.69, 9.17) is 16.0 Å². The summed E-state index contributed by atoms with van der Waals surface area (Å²) in [4.78, 5) is 1.21. The number of nitrogens with one attached hydrogen (secondary N) is 1. The van der Waals surface area contributed by atoms with Crippen LogP contribution in [0.3, 0.4) is 0 Å². The molecule has 0 amide bonds. The van der Waals surface area contributed by atoms with E-state index in [2.05, 4.69) is 18.3 Å². The summed E-state index contributed by atoms with van der Waals surface area (Å²) < 4.78 is 6.27. The zero-order valence-electron chi connectivity index (χ0n) is 9.29. The first-order chi connectivity index (χ1) is 7.76. The summed E-state index contributed by atoms with van der Waals surface area (Å²) >= 11 is 7.56. The Hall–Kier alpha value is -0.770. The molecule has 0 bridgehead atoms. The zero-order valence-corrected chi connectivity index (χ0v) is 10.9. The Bertz CT molecular complexity index is 463. The van der Waals surface area contributed by atoms with Gasteiger partial charge >= 0.3 is 0 Å². The largest absolute Gasteiger partial charge is 0.469 e. The van der Waals surface area contributed by atoms with Crippen LogP contribution in [-0.2, 0) is 6.42 Å². The third-order valence-corrected chi connectivity index (χ3v) is 3.88. The predicted octanol–water partition coefficient (Wildman–Crippen LogP) is 3.87. The fourth-order valence-corrected chi connectivity index (χ4v) is 3.02. The predicted molar refractivity (Wildman–Crippen MR) is 68.3 cm³/mol. The zero-order chi connectivity index (χ0) is 11.5. The van der Waals surface area contributed by atoms with E-state index in [0.29, 0.717) is 0 Å². The second kappa shape index (κ2) is 5.04. The third-order valence-electron chi connectivity index (χ3n) is 2.58. The van der Waals surface area contributed by atoms with Crippen molar-refractivity contribution in [3.63, 3.8) is 0 Å². The summed E-state index contributed by atoms with van der Waals surface area (Å²) in [5.41, 5.74) is 1.20. The molecule has 0 aliphatic rings. The molecule has 2 aromatic rings. The molecular formula is C12H14ClNOS. The molecule has 16 heavy (non-hydrogen) atoms. The van der Waals surface area contributed by atoms with Gasteiger partial charge in [-0.2, -0.15) is 0 Å². The molecule has 1 unspecified atom stereocenters. The molecule has 1 atom stereocenters. The molecule has 0 aliphatic carbocycles. The van der Waals surface area contributed by atoms with Gasteiger partial charge in [0.15, 0.2) is 0 Å². The van der Waals surface area contributed by atoms with Crippen LogP contribution in [0.1, 0.15) is 29.2 Å². The van der Waals surface area contributed by atoms with Crippen LogP contribution in [0.4, 0.5) is 0 Å². The van der Waals surface area contributed by atoms with Crippen LogP contribution in [0, 0.1) is 0 Å². The fourth-order valence-electron chi connectivity index (χ4n) is 1.83. The molecule has 2 rings (SSSR count). The van der Waals surface area contributed by atoms with Crippen LogP contribution < -0.4 is 5.32 Å². The van der Waals surface area contributed by atoms with Crippen molar-refractivity contribution < 1.29 is 4.42 Å². The summed E-state index contributed by atoms with van der Waals surface area (Å²) in [6, 6.07) is 6.18. The Morgan fingerprint density at radius 1 is 1.44 bits per heavy atom. The molecule has 2 heterocycles. The number of thiophene rings is 1. The maximum atomic E-state index is 5.96. The molecule has 4 heteroatoms. The normalized spacial score (nSPS) is 12.9. The summed E-state index contributed by atoms with van der Waals surface area (Å²) in [7, 11) is 1.95. The molecule has 2 nitrogen and oxygen atoms in total. The Kier molecular flexibility index (Phi) is 3.69. The van der Waals surface area contributed by atoms with Crippen molar-refractivity contribution in [2.24, 2.45) is 0 Å². The quantitative estimate of drug-likeness (QED) is 0.897. The highest BCUT2D eigenvalue weighted by Crippen LogP contribution is 2.32. The van der Waals surface area contributed by atoms with E-state index in [0.717, 1.165) is 16.5 Å². The first kappa shape index (κ1) is 11.7. The van der Waals surface area contributed by atoms with Crippen molar-refractivity contribution in [3.8, 4) is 0 Å². The average Bonchev–Trinajstić information content (AvgIpc) is 2.89. The lowest BCUT2D eigenvalue weighted by atomic mass is 10.1. The molecule has 0 aliphatic heterocycles. The van der Waals surface area contributed by atoms with Gasteiger partial charge in [-0.1, -0.05) is 18.5 Å². The minimum Gasteiger partial charge on any atom is -0.469 e. The van der Waals surface area contributed by atoms with Gasteiger partial charge in [0.2, 0.25) is 0 Å². The van der Waals surface area contributed by atoms with Gasteiger partial charge in [-0.3, -0.25) is 0 Å². The average molecular weight is 256 g/mol. The topological polar surface area (TPSA) is 25.2 Å². The van der Waals surface area contributed by atoms with E-state index < -0.39 is 0 Å². The number of halogens is 1. The number of rotatable bonds is 4. The summed E-state index contributed by atoms with van der Waals surface area (Å²) in [5, 5.41) is 3.30. The highest BCUT2D eigenvalue weighted by Gasteiger charge is 2.18. The standard InChI is InChI=1S/C12H14ClNOS/c1-3-9-8(6-7-15-9)12(14-2)10-4-5-11(13)16-10/h4-7,12,14H,3H2,1-2H3. The van der Waals surface area contributed by atoms with E-state index in [-0.39, 0.29) is 6.04 Å². The third kappa shape index (κ3) is 2.17. The summed E-state index contributed by atoms with van der Waals surface area (Å²) in [6.07, 6.45) is 2.65. The van der Waals surface area contributed by atoms with Gasteiger partial charge in [0.1, 0.15) is 5.76 Å². The Balaban J connectivity index is 2.36. The maximum Gasteiger partial charge on any atom is 0.108 e.